The van der Waals surface area contributed by atoms with Crippen molar-refractivity contribution < 1.29 is 4.74 Å². The van der Waals surface area contributed by atoms with Gasteiger partial charge in [0.05, 0.1) is 12.7 Å². The van der Waals surface area contributed by atoms with Crippen LogP contribution in [-0.2, 0) is 4.74 Å². The van der Waals surface area contributed by atoms with Gasteiger partial charge in [-0.1, -0.05) is 34.1 Å². The quantitative estimate of drug-likeness (QED) is 0.842. The predicted molar refractivity (Wildman–Crippen MR) is 89.7 cm³/mol. The predicted octanol–water partition coefficient (Wildman–Crippen LogP) is 3.29. The van der Waals surface area contributed by atoms with Gasteiger partial charge in [-0.15, -0.1) is 0 Å². The smallest absolute Gasteiger partial charge is 0.0674 e. The molecule has 0 spiro atoms. The number of nitrogens with zero attached hydrogens (tertiary/aromatic N) is 1. The largest absolute Gasteiger partial charge is 0.376 e. The van der Waals surface area contributed by atoms with E-state index < -0.39 is 0 Å². The monoisotopic (exact) mass is 296 g/mol. The molecule has 4 unspecified atom stereocenters. The van der Waals surface area contributed by atoms with Crippen LogP contribution in [0, 0.1) is 11.3 Å². The normalized spacial score (nSPS) is 37.6. The summed E-state index contributed by atoms with van der Waals surface area (Å²) in [6, 6.07) is 1.28. The molecule has 0 aromatic rings. The Morgan fingerprint density at radius 1 is 1.29 bits per heavy atom. The highest BCUT2D eigenvalue weighted by Gasteiger charge is 2.40. The van der Waals surface area contributed by atoms with Gasteiger partial charge in [0.2, 0.25) is 0 Å². The lowest BCUT2D eigenvalue weighted by Crippen LogP contribution is -2.56. The molecule has 21 heavy (non-hydrogen) atoms. The van der Waals surface area contributed by atoms with Crippen LogP contribution in [0.2, 0.25) is 0 Å². The summed E-state index contributed by atoms with van der Waals surface area (Å²) >= 11 is 0. The Balaban J connectivity index is 2.04. The van der Waals surface area contributed by atoms with Crippen molar-refractivity contribution in [2.75, 3.05) is 26.2 Å². The van der Waals surface area contributed by atoms with Crippen LogP contribution >= 0.6 is 0 Å². The van der Waals surface area contributed by atoms with Gasteiger partial charge in [0, 0.05) is 25.2 Å². The van der Waals surface area contributed by atoms with Gasteiger partial charge in [-0.05, 0) is 44.1 Å². The van der Waals surface area contributed by atoms with Crippen LogP contribution in [0.15, 0.2) is 0 Å². The highest BCUT2D eigenvalue weighted by atomic mass is 16.5. The fraction of sp³-hybridized carbons (Fsp3) is 1.00. The molecule has 2 aliphatic rings. The Kier molecular flexibility index (Phi) is 6.10. The van der Waals surface area contributed by atoms with Crippen LogP contribution in [0.1, 0.15) is 60.3 Å². The van der Waals surface area contributed by atoms with Gasteiger partial charge in [-0.2, -0.15) is 0 Å². The molecule has 0 radical (unpaired) electrons. The maximum absolute atomic E-state index is 5.86. The number of hydrogen-bond donors (Lipinski definition) is 1. The first kappa shape index (κ1) is 17.2. The van der Waals surface area contributed by atoms with Crippen molar-refractivity contribution >= 4 is 0 Å². The van der Waals surface area contributed by atoms with Crippen molar-refractivity contribution in [2.24, 2.45) is 11.3 Å². The molecule has 3 nitrogen and oxygen atoms in total. The van der Waals surface area contributed by atoms with Crippen molar-refractivity contribution in [1.82, 2.24) is 10.2 Å². The van der Waals surface area contributed by atoms with Gasteiger partial charge in [-0.3, -0.25) is 4.90 Å². The second-order valence-corrected chi connectivity index (χ2v) is 7.84. The Morgan fingerprint density at radius 3 is 2.71 bits per heavy atom. The summed E-state index contributed by atoms with van der Waals surface area (Å²) in [4.78, 5) is 2.71. The second-order valence-electron chi connectivity index (χ2n) is 7.84. The lowest BCUT2D eigenvalue weighted by Gasteiger charge is -2.48. The fourth-order valence-corrected chi connectivity index (χ4v) is 4.45. The van der Waals surface area contributed by atoms with Gasteiger partial charge in [0.25, 0.3) is 0 Å². The van der Waals surface area contributed by atoms with Crippen molar-refractivity contribution in [3.05, 3.63) is 0 Å². The summed E-state index contributed by atoms with van der Waals surface area (Å²) in [5, 5.41) is 3.80. The molecule has 0 aromatic carbocycles. The average Bonchev–Trinajstić information content (AvgIpc) is 2.43. The Morgan fingerprint density at radius 2 is 2.05 bits per heavy atom. The molecule has 1 saturated carbocycles. The van der Waals surface area contributed by atoms with E-state index in [9.17, 15) is 0 Å². The molecule has 0 aromatic heterocycles. The van der Waals surface area contributed by atoms with Gasteiger partial charge < -0.3 is 10.1 Å². The minimum absolute atomic E-state index is 0.391. The zero-order chi connectivity index (χ0) is 15.5. The van der Waals surface area contributed by atoms with Gasteiger partial charge in [0.15, 0.2) is 0 Å². The zero-order valence-electron chi connectivity index (χ0n) is 14.8. The van der Waals surface area contributed by atoms with Crippen molar-refractivity contribution in [1.29, 1.82) is 0 Å². The van der Waals surface area contributed by atoms with E-state index in [2.05, 4.69) is 44.8 Å². The van der Waals surface area contributed by atoms with E-state index in [0.717, 1.165) is 25.6 Å². The minimum atomic E-state index is 0.391. The van der Waals surface area contributed by atoms with E-state index in [1.807, 2.05) is 0 Å². The van der Waals surface area contributed by atoms with Gasteiger partial charge >= 0.3 is 0 Å². The highest BCUT2D eigenvalue weighted by Crippen LogP contribution is 2.39. The first-order valence-corrected chi connectivity index (χ1v) is 9.07. The van der Waals surface area contributed by atoms with Crippen molar-refractivity contribution in [2.45, 2.75) is 78.5 Å². The maximum atomic E-state index is 5.86. The van der Waals surface area contributed by atoms with Crippen LogP contribution in [0.4, 0.5) is 0 Å². The molecule has 0 amide bonds. The van der Waals surface area contributed by atoms with Crippen LogP contribution in [0.25, 0.3) is 0 Å². The third kappa shape index (κ3) is 4.20. The average molecular weight is 296 g/mol. The summed E-state index contributed by atoms with van der Waals surface area (Å²) in [6.45, 7) is 16.0. The molecule has 1 aliphatic heterocycles. The van der Waals surface area contributed by atoms with Crippen molar-refractivity contribution in [3.8, 4) is 0 Å². The lowest BCUT2D eigenvalue weighted by molar-refractivity contribution is -0.0674. The maximum Gasteiger partial charge on any atom is 0.0674 e. The van der Waals surface area contributed by atoms with E-state index in [4.69, 9.17) is 4.74 Å². The van der Waals surface area contributed by atoms with Crippen LogP contribution < -0.4 is 5.32 Å². The first-order valence-electron chi connectivity index (χ1n) is 9.07. The molecule has 1 heterocycles. The van der Waals surface area contributed by atoms with Crippen LogP contribution in [-0.4, -0.2) is 49.3 Å². The summed E-state index contributed by atoms with van der Waals surface area (Å²) in [5.41, 5.74) is 0.429. The van der Waals surface area contributed by atoms with Gasteiger partial charge in [-0.25, -0.2) is 0 Å². The summed E-state index contributed by atoms with van der Waals surface area (Å²) in [5.74, 6) is 0.785. The molecule has 2 fully saturated rings. The number of rotatable bonds is 5. The van der Waals surface area contributed by atoms with E-state index in [0.29, 0.717) is 23.6 Å². The molecular formula is C18H36N2O. The number of ether oxygens (including phenoxy) is 1. The lowest BCUT2D eigenvalue weighted by atomic mass is 9.67. The second kappa shape index (κ2) is 7.43. The number of morpholine rings is 1. The van der Waals surface area contributed by atoms with Crippen LogP contribution in [0.3, 0.4) is 0 Å². The number of hydrogen-bond acceptors (Lipinski definition) is 3. The minimum Gasteiger partial charge on any atom is -0.376 e. The van der Waals surface area contributed by atoms with Crippen LogP contribution in [0.5, 0.6) is 0 Å². The molecule has 1 aliphatic carbocycles. The summed E-state index contributed by atoms with van der Waals surface area (Å²) in [7, 11) is 0. The van der Waals surface area contributed by atoms with E-state index in [1.54, 1.807) is 0 Å². The molecule has 4 atom stereocenters. The third-order valence-electron chi connectivity index (χ3n) is 5.65. The molecule has 1 N–H and O–H groups in total. The highest BCUT2D eigenvalue weighted by molar-refractivity contribution is 4.95. The summed E-state index contributed by atoms with van der Waals surface area (Å²) < 4.78 is 5.86. The van der Waals surface area contributed by atoms with Crippen molar-refractivity contribution in [3.63, 3.8) is 0 Å². The zero-order valence-corrected chi connectivity index (χ0v) is 14.8. The molecular weight excluding hydrogens is 260 g/mol. The molecule has 0 bridgehead atoms. The van der Waals surface area contributed by atoms with E-state index in [1.165, 1.54) is 32.2 Å². The standard InChI is InChI=1S/C18H36N2O/c1-6-16-13-21-14(3)11-20(16)12-15-9-8-10-18(4,5)17(15)19-7-2/h14-17,19H,6-13H2,1-5H3. The molecule has 3 heteroatoms. The number of nitrogens with one attached hydrogen (secondary N) is 1. The Hall–Kier alpha value is -0.120. The van der Waals surface area contributed by atoms with E-state index >= 15 is 0 Å². The topological polar surface area (TPSA) is 24.5 Å². The third-order valence-corrected chi connectivity index (χ3v) is 5.65. The molecule has 2 rings (SSSR count). The Bertz CT molecular complexity index is 318. The molecule has 1 saturated heterocycles. The molecule has 124 valence electrons. The Labute approximate surface area is 131 Å². The fourth-order valence-electron chi connectivity index (χ4n) is 4.45. The SMILES string of the molecule is CCNC1C(CN2CC(C)OCC2CC)CCCC1(C)C. The summed E-state index contributed by atoms with van der Waals surface area (Å²) in [6.07, 6.45) is 5.72. The first-order chi connectivity index (χ1) is 9.97. The van der Waals surface area contributed by atoms with E-state index in [-0.39, 0.29) is 0 Å². The van der Waals surface area contributed by atoms with Gasteiger partial charge in [0.1, 0.15) is 0 Å².